The highest BCUT2D eigenvalue weighted by molar-refractivity contribution is 6.31. The molecule has 4 rings (SSSR count). The van der Waals surface area contributed by atoms with E-state index in [1.807, 2.05) is 12.1 Å². The molecule has 0 saturated heterocycles. The van der Waals surface area contributed by atoms with Crippen LogP contribution in [-0.4, -0.2) is 23.1 Å². The minimum Gasteiger partial charge on any atom is -0.343 e. The summed E-state index contributed by atoms with van der Waals surface area (Å²) >= 11 is 12.5. The second-order valence-electron chi connectivity index (χ2n) is 8.50. The molecule has 0 radical (unpaired) electrons. The molecule has 0 saturated carbocycles. The van der Waals surface area contributed by atoms with E-state index in [0.29, 0.717) is 0 Å². The Morgan fingerprint density at radius 3 is 2.48 bits per heavy atom. The van der Waals surface area contributed by atoms with Crippen molar-refractivity contribution in [2.75, 3.05) is 13.6 Å². The van der Waals surface area contributed by atoms with Crippen LogP contribution in [0.5, 0.6) is 0 Å². The van der Waals surface area contributed by atoms with E-state index in [2.05, 4.69) is 61.6 Å². The molecular weight excluding hydrogens is 375 g/mol. The highest BCUT2D eigenvalue weighted by Crippen LogP contribution is 2.36. The van der Waals surface area contributed by atoms with E-state index in [-0.39, 0.29) is 5.41 Å². The van der Waals surface area contributed by atoms with E-state index >= 15 is 0 Å². The van der Waals surface area contributed by atoms with E-state index in [1.165, 1.54) is 33.3 Å². The Morgan fingerprint density at radius 1 is 1.04 bits per heavy atom. The van der Waals surface area contributed by atoms with Gasteiger partial charge in [0.05, 0.1) is 0 Å². The van der Waals surface area contributed by atoms with Gasteiger partial charge in [-0.25, -0.2) is 0 Å². The summed E-state index contributed by atoms with van der Waals surface area (Å²) in [7, 11) is 2.19. The molecule has 2 nitrogen and oxygen atoms in total. The Labute approximate surface area is 171 Å². The van der Waals surface area contributed by atoms with E-state index < -0.39 is 0 Å². The predicted octanol–water partition coefficient (Wildman–Crippen LogP) is 6.22. The van der Waals surface area contributed by atoms with Crippen LogP contribution in [0.1, 0.15) is 36.2 Å². The second kappa shape index (κ2) is 6.84. The van der Waals surface area contributed by atoms with Crippen molar-refractivity contribution >= 4 is 34.1 Å². The van der Waals surface area contributed by atoms with Gasteiger partial charge in [0.15, 0.2) is 0 Å². The van der Waals surface area contributed by atoms with Gasteiger partial charge in [0, 0.05) is 58.1 Å². The highest BCUT2D eigenvalue weighted by atomic mass is 35.5. The lowest BCUT2D eigenvalue weighted by Crippen LogP contribution is -2.30. The Bertz CT molecular complexity index is 1020. The lowest BCUT2D eigenvalue weighted by atomic mass is 9.81. The normalized spacial score (nSPS) is 15.3. The molecule has 142 valence electrons. The Kier molecular flexibility index (Phi) is 4.78. The molecule has 0 atom stereocenters. The average molecular weight is 401 g/mol. The molecule has 1 aromatic heterocycles. The maximum absolute atomic E-state index is 6.34. The van der Waals surface area contributed by atoms with Crippen molar-refractivity contribution in [1.29, 1.82) is 0 Å². The molecule has 3 aromatic rings. The van der Waals surface area contributed by atoms with E-state index in [9.17, 15) is 0 Å². The first-order chi connectivity index (χ1) is 12.8. The molecule has 2 heterocycles. The van der Waals surface area contributed by atoms with E-state index in [4.69, 9.17) is 23.2 Å². The fourth-order valence-electron chi connectivity index (χ4n) is 4.60. The number of hydrogen-bond donors (Lipinski definition) is 0. The predicted molar refractivity (Wildman–Crippen MR) is 116 cm³/mol. The van der Waals surface area contributed by atoms with Crippen molar-refractivity contribution in [2.24, 2.45) is 0 Å². The summed E-state index contributed by atoms with van der Waals surface area (Å²) in [6.45, 7) is 9.82. The third-order valence-corrected chi connectivity index (χ3v) is 6.35. The summed E-state index contributed by atoms with van der Waals surface area (Å²) in [5.41, 5.74) is 6.79. The number of fused-ring (bicyclic) bond motifs is 3. The SMILES string of the molecule is Cc1cc(Cl)ccc1C(C)(C)Cn1c2c(c3cc(Cl)ccc31)CN(C)CC2. The van der Waals surface area contributed by atoms with Crippen LogP contribution in [0.3, 0.4) is 0 Å². The molecule has 1 aliphatic rings. The zero-order valence-corrected chi connectivity index (χ0v) is 18.0. The summed E-state index contributed by atoms with van der Waals surface area (Å²) in [6.07, 6.45) is 1.08. The molecule has 0 unspecified atom stereocenters. The van der Waals surface area contributed by atoms with Crippen LogP contribution in [0.25, 0.3) is 10.9 Å². The summed E-state index contributed by atoms with van der Waals surface area (Å²) in [5.74, 6) is 0. The summed E-state index contributed by atoms with van der Waals surface area (Å²) in [5, 5.41) is 2.91. The first-order valence-electron chi connectivity index (χ1n) is 9.51. The molecule has 0 aliphatic carbocycles. The summed E-state index contributed by atoms with van der Waals surface area (Å²) in [4.78, 5) is 2.39. The summed E-state index contributed by atoms with van der Waals surface area (Å²) in [6, 6.07) is 12.6. The van der Waals surface area contributed by atoms with Crippen molar-refractivity contribution < 1.29 is 0 Å². The first kappa shape index (κ1) is 18.9. The molecule has 2 aromatic carbocycles. The van der Waals surface area contributed by atoms with Crippen molar-refractivity contribution in [3.8, 4) is 0 Å². The molecule has 0 bridgehead atoms. The Balaban J connectivity index is 1.84. The number of benzene rings is 2. The van der Waals surface area contributed by atoms with Gasteiger partial charge in [0.25, 0.3) is 0 Å². The number of hydrogen-bond acceptors (Lipinski definition) is 1. The number of aromatic nitrogens is 1. The fourth-order valence-corrected chi connectivity index (χ4v) is 5.00. The number of halogens is 2. The van der Waals surface area contributed by atoms with Crippen LogP contribution in [-0.2, 0) is 24.9 Å². The molecule has 0 N–H and O–H groups in total. The quantitative estimate of drug-likeness (QED) is 0.506. The topological polar surface area (TPSA) is 8.17 Å². The molecule has 1 aliphatic heterocycles. The van der Waals surface area contributed by atoms with Gasteiger partial charge in [-0.2, -0.15) is 0 Å². The van der Waals surface area contributed by atoms with Crippen LogP contribution < -0.4 is 0 Å². The zero-order valence-electron chi connectivity index (χ0n) is 16.4. The van der Waals surface area contributed by atoms with Crippen LogP contribution in [0.2, 0.25) is 10.0 Å². The third kappa shape index (κ3) is 3.40. The van der Waals surface area contributed by atoms with Crippen LogP contribution in [0.15, 0.2) is 36.4 Å². The molecule has 0 fully saturated rings. The van der Waals surface area contributed by atoms with Crippen LogP contribution >= 0.6 is 23.2 Å². The van der Waals surface area contributed by atoms with Gasteiger partial charge in [-0.15, -0.1) is 0 Å². The van der Waals surface area contributed by atoms with Gasteiger partial charge >= 0.3 is 0 Å². The van der Waals surface area contributed by atoms with E-state index in [0.717, 1.165) is 36.1 Å². The van der Waals surface area contributed by atoms with E-state index in [1.54, 1.807) is 0 Å². The van der Waals surface area contributed by atoms with Crippen molar-refractivity contribution in [2.45, 2.75) is 45.7 Å². The summed E-state index contributed by atoms with van der Waals surface area (Å²) < 4.78 is 2.53. The van der Waals surface area contributed by atoms with Crippen molar-refractivity contribution in [3.63, 3.8) is 0 Å². The van der Waals surface area contributed by atoms with Crippen LogP contribution in [0, 0.1) is 6.92 Å². The van der Waals surface area contributed by atoms with Crippen molar-refractivity contribution in [3.05, 3.63) is 68.8 Å². The largest absolute Gasteiger partial charge is 0.343 e. The second-order valence-corrected chi connectivity index (χ2v) is 9.38. The smallest absolute Gasteiger partial charge is 0.0487 e. The minimum absolute atomic E-state index is 0.00260. The van der Waals surface area contributed by atoms with Crippen molar-refractivity contribution in [1.82, 2.24) is 9.47 Å². The van der Waals surface area contributed by atoms with Gasteiger partial charge in [0.1, 0.15) is 0 Å². The molecule has 27 heavy (non-hydrogen) atoms. The van der Waals surface area contributed by atoms with Gasteiger partial charge in [-0.1, -0.05) is 43.1 Å². The standard InChI is InChI=1S/C23H26Cl2N2/c1-15-11-16(24)5-7-20(15)23(2,3)14-27-21-8-6-17(25)12-18(21)19-13-26(4)10-9-22(19)27/h5-8,11-12H,9-10,13-14H2,1-4H3. The number of rotatable bonds is 3. The molecule has 0 spiro atoms. The maximum Gasteiger partial charge on any atom is 0.0487 e. The molecule has 0 amide bonds. The van der Waals surface area contributed by atoms with Gasteiger partial charge in [-0.05, 0) is 61.0 Å². The molecule has 4 heteroatoms. The van der Waals surface area contributed by atoms with Gasteiger partial charge < -0.3 is 9.47 Å². The highest BCUT2D eigenvalue weighted by Gasteiger charge is 2.28. The third-order valence-electron chi connectivity index (χ3n) is 5.88. The number of nitrogens with zero attached hydrogens (tertiary/aromatic N) is 2. The van der Waals surface area contributed by atoms with Gasteiger partial charge in [0.2, 0.25) is 0 Å². The minimum atomic E-state index is -0.00260. The molecular formula is C23H26Cl2N2. The number of likely N-dealkylation sites (N-methyl/N-ethyl adjacent to an activating group) is 1. The van der Waals surface area contributed by atoms with Crippen LogP contribution in [0.4, 0.5) is 0 Å². The van der Waals surface area contributed by atoms with Gasteiger partial charge in [-0.3, -0.25) is 0 Å². The zero-order chi connectivity index (χ0) is 19.3. The maximum atomic E-state index is 6.34. The fraction of sp³-hybridized carbons (Fsp3) is 0.391. The lowest BCUT2D eigenvalue weighted by Gasteiger charge is -2.31. The average Bonchev–Trinajstić information content (AvgIpc) is 2.86. The lowest BCUT2D eigenvalue weighted by molar-refractivity contribution is 0.306. The monoisotopic (exact) mass is 400 g/mol. The Hall–Kier alpha value is -1.48. The Morgan fingerprint density at radius 2 is 1.74 bits per heavy atom. The first-order valence-corrected chi connectivity index (χ1v) is 10.3. The number of aryl methyl sites for hydroxylation is 1.